The van der Waals surface area contributed by atoms with E-state index in [1.54, 1.807) is 13.0 Å². The van der Waals surface area contributed by atoms with Gasteiger partial charge in [-0.15, -0.1) is 0 Å². The fourth-order valence-corrected chi connectivity index (χ4v) is 8.38. The van der Waals surface area contributed by atoms with E-state index in [1.807, 2.05) is 36.1 Å². The van der Waals surface area contributed by atoms with Crippen molar-refractivity contribution in [3.05, 3.63) is 94.2 Å². The molecule has 5 heterocycles. The fraction of sp³-hybridized carbons (Fsp3) is 0.395. The molecule has 0 spiro atoms. The molecule has 2 aliphatic heterocycles. The van der Waals surface area contributed by atoms with Gasteiger partial charge in [0.2, 0.25) is 5.91 Å². The van der Waals surface area contributed by atoms with Crippen molar-refractivity contribution in [2.24, 2.45) is 5.92 Å². The van der Waals surface area contributed by atoms with Crippen LogP contribution in [0, 0.1) is 12.8 Å². The molecule has 9 N–H and O–H groups in total. The van der Waals surface area contributed by atoms with E-state index < -0.39 is 55.3 Å². The van der Waals surface area contributed by atoms with Crippen molar-refractivity contribution in [3.8, 4) is 22.9 Å². The molecule has 16 nitrogen and oxygen atoms in total. The van der Waals surface area contributed by atoms with Gasteiger partial charge in [-0.2, -0.15) is 0 Å². The number of aliphatic hydroxyl groups excluding tert-OH is 4. The number of hydrogen-bond acceptors (Lipinski definition) is 13. The summed E-state index contributed by atoms with van der Waals surface area (Å²) in [6.45, 7) is 2.33. The summed E-state index contributed by atoms with van der Waals surface area (Å²) in [4.78, 5) is 40.8. The zero-order valence-corrected chi connectivity index (χ0v) is 32.4. The summed E-state index contributed by atoms with van der Waals surface area (Å²) in [5, 5.41) is 79.8. The molecule has 3 aromatic heterocycles. The molecule has 1 amide bonds. The van der Waals surface area contributed by atoms with Gasteiger partial charge in [-0.1, -0.05) is 6.07 Å². The number of aryl methyl sites for hydroxylation is 1. The number of benzene rings is 3. The van der Waals surface area contributed by atoms with Gasteiger partial charge >= 0.3 is 0 Å². The average molecular weight is 814 g/mol. The van der Waals surface area contributed by atoms with Crippen LogP contribution in [0.3, 0.4) is 0 Å². The van der Waals surface area contributed by atoms with Crippen molar-refractivity contribution >= 4 is 38.6 Å². The quantitative estimate of drug-likeness (QED) is 0.0568. The van der Waals surface area contributed by atoms with Gasteiger partial charge in [-0.25, -0.2) is 9.78 Å². The molecule has 16 heteroatoms. The summed E-state index contributed by atoms with van der Waals surface area (Å²) in [6, 6.07) is 12.1. The Kier molecular flexibility index (Phi) is 10.7. The van der Waals surface area contributed by atoms with Crippen LogP contribution in [0.15, 0.2) is 76.3 Å². The number of nitrogens with one attached hydrogen (secondary N) is 2. The summed E-state index contributed by atoms with van der Waals surface area (Å²) in [6.07, 6.45) is -0.314. The molecule has 7 atom stereocenters. The number of aromatic amines is 1. The lowest BCUT2D eigenvalue weighted by Gasteiger charge is -2.43. The van der Waals surface area contributed by atoms with Gasteiger partial charge in [-0.3, -0.25) is 9.59 Å². The highest BCUT2D eigenvalue weighted by atomic mass is 17.2. The SMILES string of the molecule is Cc1cc(=O)c2cc3c(c(-n4cc5cc[nH]c5c4)c2o1)OC(C)(CCC1CNC(=O)C1)C(OOCC(O)(Cc1ccc(O)c2ccc(O)cc12)C(O)C(O)C(O)CO)C3. The number of carbonyl (C=O) groups is 1. The van der Waals surface area contributed by atoms with Crippen LogP contribution in [0.2, 0.25) is 0 Å². The number of amides is 1. The van der Waals surface area contributed by atoms with Crippen molar-refractivity contribution in [1.29, 1.82) is 0 Å². The maximum Gasteiger partial charge on any atom is 0.220 e. The van der Waals surface area contributed by atoms with E-state index >= 15 is 0 Å². The highest BCUT2D eigenvalue weighted by Crippen LogP contribution is 2.45. The Bertz CT molecular complexity index is 2570. The van der Waals surface area contributed by atoms with Crippen LogP contribution in [0.1, 0.15) is 43.1 Å². The minimum atomic E-state index is -2.40. The number of fused-ring (bicyclic) bond motifs is 4. The number of rotatable bonds is 14. The molecule has 0 saturated carbocycles. The van der Waals surface area contributed by atoms with Crippen molar-refractivity contribution in [2.75, 3.05) is 19.8 Å². The highest BCUT2D eigenvalue weighted by Gasteiger charge is 2.47. The fourth-order valence-electron chi connectivity index (χ4n) is 8.38. The lowest BCUT2D eigenvalue weighted by molar-refractivity contribution is -0.371. The van der Waals surface area contributed by atoms with Crippen LogP contribution >= 0.6 is 0 Å². The number of hydrogen-bond donors (Lipinski definition) is 9. The Morgan fingerprint density at radius 1 is 1.02 bits per heavy atom. The largest absolute Gasteiger partial charge is 0.508 e. The molecule has 59 heavy (non-hydrogen) atoms. The molecular weight excluding hydrogens is 766 g/mol. The van der Waals surface area contributed by atoms with Crippen LogP contribution in [0.25, 0.3) is 38.3 Å². The van der Waals surface area contributed by atoms with Crippen LogP contribution < -0.4 is 15.5 Å². The smallest absolute Gasteiger partial charge is 0.220 e. The predicted octanol–water partition coefficient (Wildman–Crippen LogP) is 2.91. The Morgan fingerprint density at radius 2 is 1.83 bits per heavy atom. The monoisotopic (exact) mass is 813 g/mol. The number of aromatic hydroxyl groups is 2. The second-order valence-electron chi connectivity index (χ2n) is 16.1. The van der Waals surface area contributed by atoms with Crippen molar-refractivity contribution < 1.29 is 59.5 Å². The van der Waals surface area contributed by atoms with Crippen molar-refractivity contribution in [1.82, 2.24) is 14.9 Å². The highest BCUT2D eigenvalue weighted by molar-refractivity contribution is 5.92. The van der Waals surface area contributed by atoms with Crippen LogP contribution in [0.4, 0.5) is 0 Å². The first-order valence-corrected chi connectivity index (χ1v) is 19.5. The first kappa shape index (κ1) is 40.3. The van der Waals surface area contributed by atoms with E-state index in [0.29, 0.717) is 75.9 Å². The minimum Gasteiger partial charge on any atom is -0.508 e. The number of aliphatic hydroxyl groups is 5. The molecule has 0 radical (unpaired) electrons. The molecule has 312 valence electrons. The van der Waals surface area contributed by atoms with Gasteiger partial charge in [0, 0.05) is 66.8 Å². The Labute approximate surface area is 336 Å². The lowest BCUT2D eigenvalue weighted by atomic mass is 9.83. The first-order chi connectivity index (χ1) is 28.2. The second-order valence-corrected chi connectivity index (χ2v) is 16.1. The second kappa shape index (κ2) is 15.6. The normalized spacial score (nSPS) is 21.9. The molecular formula is C43H47N3O13. The number of ether oxygens (including phenoxy) is 1. The number of H-pyrrole nitrogens is 1. The summed E-state index contributed by atoms with van der Waals surface area (Å²) in [5.41, 5.74) is -1.21. The third kappa shape index (κ3) is 7.64. The summed E-state index contributed by atoms with van der Waals surface area (Å²) in [5.74, 6) is 0.607. The van der Waals surface area contributed by atoms with Crippen molar-refractivity contribution in [2.45, 2.75) is 81.6 Å². The molecule has 8 rings (SSSR count). The van der Waals surface area contributed by atoms with E-state index in [0.717, 1.165) is 10.9 Å². The minimum absolute atomic E-state index is 0.0205. The molecule has 3 aromatic carbocycles. The van der Waals surface area contributed by atoms with Gasteiger partial charge < -0.3 is 59.8 Å². The number of phenols is 2. The van der Waals surface area contributed by atoms with Gasteiger partial charge in [0.05, 0.1) is 17.5 Å². The standard InChI is InChI=1S/C43H47N3O13/c1-22-11-33(50)30-13-26-14-35(59-56-21-43(55,41(54)38(53)34(51)20-47)16-24-3-6-32(49)28-5-4-27(48)15-29(24)28)42(2,9-7-23-12-36(52)45-17-23)58-39(26)37(40(30)57-22)46-18-25-8-10-44-31(25)19-46/h3-6,8,10-11,13,15,18-19,23,34-35,38,41,44,47-49,51,53-55H,7,9,12,14,16-17,20-21H2,1-2H3,(H,45,52). The molecule has 6 aromatic rings. The van der Waals surface area contributed by atoms with E-state index in [4.69, 9.17) is 18.9 Å². The zero-order chi connectivity index (χ0) is 41.8. The number of phenolic OH excluding ortho intramolecular Hbond substituents is 2. The molecule has 0 aliphatic carbocycles. The molecule has 1 fully saturated rings. The van der Waals surface area contributed by atoms with E-state index in [9.17, 15) is 45.3 Å². The van der Waals surface area contributed by atoms with Gasteiger partial charge in [0.1, 0.15) is 65.2 Å². The summed E-state index contributed by atoms with van der Waals surface area (Å²) >= 11 is 0. The third-order valence-corrected chi connectivity index (χ3v) is 11.8. The number of nitrogens with zero attached hydrogens (tertiary/aromatic N) is 1. The molecule has 0 bridgehead atoms. The van der Waals surface area contributed by atoms with Crippen LogP contribution in [-0.2, 0) is 27.4 Å². The van der Waals surface area contributed by atoms with Crippen molar-refractivity contribution in [3.63, 3.8) is 0 Å². The summed E-state index contributed by atoms with van der Waals surface area (Å²) in [7, 11) is 0. The van der Waals surface area contributed by atoms with E-state index in [1.165, 1.54) is 36.4 Å². The Morgan fingerprint density at radius 3 is 2.58 bits per heavy atom. The van der Waals surface area contributed by atoms with Gasteiger partial charge in [-0.05, 0) is 80.0 Å². The zero-order valence-electron chi connectivity index (χ0n) is 32.4. The Balaban J connectivity index is 1.16. The van der Waals surface area contributed by atoms with Crippen LogP contribution in [-0.4, -0.2) is 107 Å². The third-order valence-electron chi connectivity index (χ3n) is 11.8. The predicted molar refractivity (Wildman–Crippen MR) is 213 cm³/mol. The van der Waals surface area contributed by atoms with Gasteiger partial charge in [0.15, 0.2) is 16.8 Å². The molecule has 1 saturated heterocycles. The average Bonchev–Trinajstić information content (AvgIpc) is 3.94. The molecule has 7 unspecified atom stereocenters. The first-order valence-electron chi connectivity index (χ1n) is 19.5. The number of carbonyl (C=O) groups excluding carboxylic acids is 1. The van der Waals surface area contributed by atoms with Gasteiger partial charge in [0.25, 0.3) is 0 Å². The molecule has 2 aliphatic rings. The lowest BCUT2D eigenvalue weighted by Crippen LogP contribution is -2.58. The van der Waals surface area contributed by atoms with E-state index in [2.05, 4.69) is 10.3 Å². The van der Waals surface area contributed by atoms with Crippen LogP contribution in [0.5, 0.6) is 17.2 Å². The Hall–Kier alpha value is -5.46. The summed E-state index contributed by atoms with van der Waals surface area (Å²) < 4.78 is 15.1. The number of aromatic nitrogens is 2. The topological polar surface area (TPSA) is 249 Å². The maximum absolute atomic E-state index is 13.5. The van der Waals surface area contributed by atoms with E-state index in [-0.39, 0.29) is 35.2 Å². The maximum atomic E-state index is 13.5.